The summed E-state index contributed by atoms with van der Waals surface area (Å²) in [6, 6.07) is 0. The summed E-state index contributed by atoms with van der Waals surface area (Å²) in [5.41, 5.74) is -0.908. The maximum absolute atomic E-state index is 13.4. The van der Waals surface area contributed by atoms with Crippen LogP contribution in [-0.2, 0) is 14.3 Å². The third-order valence-electron chi connectivity index (χ3n) is 8.65. The number of esters is 1. The van der Waals surface area contributed by atoms with Crippen LogP contribution in [0, 0.1) is 34.0 Å². The molecule has 5 heteroatoms. The number of rotatable bonds is 1. The molecule has 27 heavy (non-hydrogen) atoms. The molecule has 4 rings (SSSR count). The third kappa shape index (κ3) is 2.30. The molecule has 2 bridgehead atoms. The van der Waals surface area contributed by atoms with E-state index in [1.165, 1.54) is 6.92 Å². The molecule has 0 radical (unpaired) electrons. The smallest absolute Gasteiger partial charge is 0.302 e. The Hall–Kier alpha value is -1.20. The van der Waals surface area contributed by atoms with Crippen LogP contribution >= 0.6 is 0 Å². The molecule has 5 nitrogen and oxygen atoms in total. The summed E-state index contributed by atoms with van der Waals surface area (Å²) in [5.74, 6) is -0.554. The second-order valence-corrected chi connectivity index (χ2v) is 10.4. The number of allylic oxidation sites excluding steroid dienone is 1. The first-order valence-corrected chi connectivity index (χ1v) is 10.2. The first kappa shape index (κ1) is 19.1. The Bertz CT molecular complexity index is 711. The summed E-state index contributed by atoms with van der Waals surface area (Å²) in [7, 11) is 0. The van der Waals surface area contributed by atoms with Gasteiger partial charge in [0.2, 0.25) is 0 Å². The Balaban J connectivity index is 1.89. The van der Waals surface area contributed by atoms with Crippen molar-refractivity contribution in [3.8, 4) is 0 Å². The van der Waals surface area contributed by atoms with Gasteiger partial charge in [0.15, 0.2) is 5.78 Å². The molecule has 0 aromatic heterocycles. The molecule has 0 amide bonds. The van der Waals surface area contributed by atoms with Crippen LogP contribution in [0.2, 0.25) is 0 Å². The van der Waals surface area contributed by atoms with Crippen LogP contribution in [0.4, 0.5) is 0 Å². The van der Waals surface area contributed by atoms with E-state index in [0.717, 1.165) is 0 Å². The van der Waals surface area contributed by atoms with Gasteiger partial charge in [-0.2, -0.15) is 0 Å². The van der Waals surface area contributed by atoms with Crippen molar-refractivity contribution in [3.63, 3.8) is 0 Å². The number of ether oxygens (including phenoxy) is 1. The molecule has 1 spiro atoms. The number of fused-ring (bicyclic) bond motifs is 3. The quantitative estimate of drug-likeness (QED) is 0.543. The van der Waals surface area contributed by atoms with E-state index in [0.29, 0.717) is 37.7 Å². The van der Waals surface area contributed by atoms with E-state index in [4.69, 9.17) is 4.74 Å². The van der Waals surface area contributed by atoms with Crippen LogP contribution in [0.25, 0.3) is 0 Å². The Morgan fingerprint density at radius 1 is 1.19 bits per heavy atom. The zero-order valence-corrected chi connectivity index (χ0v) is 16.8. The molecular weight excluding hydrogens is 344 g/mol. The van der Waals surface area contributed by atoms with E-state index in [9.17, 15) is 19.8 Å². The molecule has 4 saturated carbocycles. The number of aliphatic hydroxyl groups excluding tert-OH is 2. The molecule has 2 N–H and O–H groups in total. The number of Topliss-reactive ketones (excluding diaryl/α,β-unsaturated/α-hetero) is 1. The molecule has 0 unspecified atom stereocenters. The highest BCUT2D eigenvalue weighted by atomic mass is 16.5. The Labute approximate surface area is 161 Å². The number of ketones is 1. The second-order valence-electron chi connectivity index (χ2n) is 10.4. The first-order valence-electron chi connectivity index (χ1n) is 10.2. The summed E-state index contributed by atoms with van der Waals surface area (Å²) >= 11 is 0. The molecule has 0 heterocycles. The van der Waals surface area contributed by atoms with Gasteiger partial charge in [-0.25, -0.2) is 0 Å². The van der Waals surface area contributed by atoms with Gasteiger partial charge in [0, 0.05) is 24.2 Å². The lowest BCUT2D eigenvalue weighted by molar-refractivity contribution is -0.246. The predicted molar refractivity (Wildman–Crippen MR) is 99.6 cm³/mol. The van der Waals surface area contributed by atoms with Crippen LogP contribution in [-0.4, -0.2) is 40.3 Å². The topological polar surface area (TPSA) is 83.8 Å². The Morgan fingerprint density at radius 2 is 1.85 bits per heavy atom. The van der Waals surface area contributed by atoms with Crippen molar-refractivity contribution >= 4 is 11.8 Å². The van der Waals surface area contributed by atoms with Crippen molar-refractivity contribution in [2.24, 2.45) is 34.0 Å². The molecule has 4 aliphatic rings. The minimum Gasteiger partial charge on any atom is -0.462 e. The molecule has 0 aromatic rings. The van der Waals surface area contributed by atoms with Crippen molar-refractivity contribution in [1.82, 2.24) is 0 Å². The largest absolute Gasteiger partial charge is 0.462 e. The van der Waals surface area contributed by atoms with Crippen LogP contribution in [0.15, 0.2) is 12.2 Å². The molecule has 0 aromatic carbocycles. The van der Waals surface area contributed by atoms with Gasteiger partial charge in [0.05, 0.1) is 12.2 Å². The second kappa shape index (κ2) is 5.66. The van der Waals surface area contributed by atoms with Crippen molar-refractivity contribution in [2.75, 3.05) is 0 Å². The van der Waals surface area contributed by atoms with Crippen molar-refractivity contribution in [1.29, 1.82) is 0 Å². The monoisotopic (exact) mass is 376 g/mol. The summed E-state index contributed by atoms with van der Waals surface area (Å²) in [4.78, 5) is 25.3. The van der Waals surface area contributed by atoms with E-state index >= 15 is 0 Å². The number of hydrogen-bond acceptors (Lipinski definition) is 5. The summed E-state index contributed by atoms with van der Waals surface area (Å²) < 4.78 is 5.81. The SMILES string of the molecule is C=C1C(=O)[C@]23C[C@H]1C[C@H](O)[C@H]2[C@]1(C)CC[C@H](O)C(C)(C)[C@H]1[C@@H](OC(C)=O)C3. The van der Waals surface area contributed by atoms with E-state index < -0.39 is 29.1 Å². The van der Waals surface area contributed by atoms with E-state index in [2.05, 4.69) is 13.5 Å². The lowest BCUT2D eigenvalue weighted by Crippen LogP contribution is -2.68. The molecule has 8 atom stereocenters. The maximum atomic E-state index is 13.4. The Kier molecular flexibility index (Phi) is 4.01. The molecule has 150 valence electrons. The van der Waals surface area contributed by atoms with Crippen molar-refractivity contribution in [2.45, 2.75) is 78.1 Å². The normalized spacial score (nSPS) is 50.7. The highest BCUT2D eigenvalue weighted by molar-refractivity contribution is 6.03. The molecule has 4 fully saturated rings. The van der Waals surface area contributed by atoms with Gasteiger partial charge in [-0.05, 0) is 54.4 Å². The molecular formula is C22H32O5. The van der Waals surface area contributed by atoms with E-state index in [1.807, 2.05) is 13.8 Å². The number of carbonyl (C=O) groups excluding carboxylic acids is 2. The van der Waals surface area contributed by atoms with Gasteiger partial charge in [-0.3, -0.25) is 9.59 Å². The number of aliphatic hydroxyl groups is 2. The Morgan fingerprint density at radius 3 is 2.48 bits per heavy atom. The van der Waals surface area contributed by atoms with Gasteiger partial charge in [-0.15, -0.1) is 0 Å². The van der Waals surface area contributed by atoms with Gasteiger partial charge >= 0.3 is 5.97 Å². The third-order valence-corrected chi connectivity index (χ3v) is 8.65. The standard InChI is InChI=1S/C22H32O5/c1-11-13-8-14(24)17-21(5)7-6-16(25)20(3,4)18(21)15(27-12(2)23)10-22(17,9-13)19(11)26/h13-18,24-25H,1,6-10H2,2-5H3/t13-,14+,15+,16+,17+,18-,21+,22+/m1/s1. The van der Waals surface area contributed by atoms with Crippen molar-refractivity contribution < 1.29 is 24.5 Å². The zero-order valence-electron chi connectivity index (χ0n) is 16.8. The first-order chi connectivity index (χ1) is 12.4. The minimum atomic E-state index is -0.691. The summed E-state index contributed by atoms with van der Waals surface area (Å²) in [5, 5.41) is 21.9. The van der Waals surface area contributed by atoms with Crippen LogP contribution < -0.4 is 0 Å². The maximum Gasteiger partial charge on any atom is 0.302 e. The summed E-state index contributed by atoms with van der Waals surface area (Å²) in [6.07, 6.45) is 1.57. The van der Waals surface area contributed by atoms with Gasteiger partial charge < -0.3 is 14.9 Å². The average molecular weight is 376 g/mol. The molecule has 4 aliphatic carbocycles. The highest BCUT2D eigenvalue weighted by Crippen LogP contribution is 2.71. The lowest BCUT2D eigenvalue weighted by Gasteiger charge is -2.66. The number of hydrogen-bond donors (Lipinski definition) is 2. The average Bonchev–Trinajstić information content (AvgIpc) is 2.71. The van der Waals surface area contributed by atoms with E-state index in [1.54, 1.807) is 0 Å². The highest BCUT2D eigenvalue weighted by Gasteiger charge is 2.72. The van der Waals surface area contributed by atoms with Crippen molar-refractivity contribution in [3.05, 3.63) is 12.2 Å². The van der Waals surface area contributed by atoms with Gasteiger partial charge in [-0.1, -0.05) is 27.4 Å². The fourth-order valence-electron chi connectivity index (χ4n) is 7.91. The summed E-state index contributed by atoms with van der Waals surface area (Å²) in [6.45, 7) is 11.7. The van der Waals surface area contributed by atoms with Gasteiger partial charge in [0.1, 0.15) is 6.10 Å². The van der Waals surface area contributed by atoms with Crippen LogP contribution in [0.5, 0.6) is 0 Å². The fraction of sp³-hybridized carbons (Fsp3) is 0.818. The predicted octanol–water partition coefficient (Wildman–Crippen LogP) is 2.64. The molecule has 0 aliphatic heterocycles. The molecule has 0 saturated heterocycles. The number of carbonyl (C=O) groups is 2. The zero-order chi connectivity index (χ0) is 19.9. The van der Waals surface area contributed by atoms with Gasteiger partial charge in [0.25, 0.3) is 0 Å². The van der Waals surface area contributed by atoms with Crippen LogP contribution in [0.3, 0.4) is 0 Å². The lowest BCUT2D eigenvalue weighted by atomic mass is 9.39. The minimum absolute atomic E-state index is 0.0315. The van der Waals surface area contributed by atoms with Crippen LogP contribution in [0.1, 0.15) is 59.8 Å². The fourth-order valence-corrected chi connectivity index (χ4v) is 7.91. The van der Waals surface area contributed by atoms with E-state index in [-0.39, 0.29) is 34.9 Å².